The molecule has 2 nitrogen and oxygen atoms in total. The lowest BCUT2D eigenvalue weighted by Gasteiger charge is -2.13. The quantitative estimate of drug-likeness (QED) is 0.657. The number of benzene rings is 2. The second kappa shape index (κ2) is 5.51. The summed E-state index contributed by atoms with van der Waals surface area (Å²) in [5.74, 6) is 0.812. The minimum absolute atomic E-state index is 0.224. The number of hydrogen-bond acceptors (Lipinski definition) is 2. The van der Waals surface area contributed by atoms with Crippen LogP contribution in [0.1, 0.15) is 16.5 Å². The van der Waals surface area contributed by atoms with Crippen molar-refractivity contribution in [2.24, 2.45) is 0 Å². The van der Waals surface area contributed by atoms with E-state index in [4.69, 9.17) is 16.3 Å². The predicted octanol–water partition coefficient (Wildman–Crippen LogP) is 4.57. The maximum absolute atomic E-state index is 6.66. The Kier molecular flexibility index (Phi) is 3.57. The van der Waals surface area contributed by atoms with Gasteiger partial charge in [-0.05, 0) is 35.4 Å². The zero-order chi connectivity index (χ0) is 13.9. The van der Waals surface area contributed by atoms with E-state index in [1.807, 2.05) is 54.6 Å². The fourth-order valence-electron chi connectivity index (χ4n) is 2.32. The van der Waals surface area contributed by atoms with Gasteiger partial charge in [-0.3, -0.25) is 4.98 Å². The Morgan fingerprint density at radius 2 is 1.90 bits per heavy atom. The van der Waals surface area contributed by atoms with Crippen molar-refractivity contribution in [3.8, 4) is 5.75 Å². The Morgan fingerprint density at radius 1 is 1.05 bits per heavy atom. The third-order valence-corrected chi connectivity index (χ3v) is 3.83. The van der Waals surface area contributed by atoms with Crippen molar-refractivity contribution in [2.45, 2.75) is 5.38 Å². The second-order valence-electron chi connectivity index (χ2n) is 4.56. The van der Waals surface area contributed by atoms with E-state index >= 15 is 0 Å². The lowest BCUT2D eigenvalue weighted by Crippen LogP contribution is -1.96. The van der Waals surface area contributed by atoms with Crippen molar-refractivity contribution >= 4 is 22.5 Å². The number of aromatic nitrogens is 1. The molecule has 1 aromatic heterocycles. The zero-order valence-electron chi connectivity index (χ0n) is 11.1. The highest BCUT2D eigenvalue weighted by Crippen LogP contribution is 2.34. The summed E-state index contributed by atoms with van der Waals surface area (Å²) in [6.45, 7) is 0. The van der Waals surface area contributed by atoms with Crippen LogP contribution in [0.4, 0.5) is 0 Å². The fourth-order valence-corrected chi connectivity index (χ4v) is 2.64. The van der Waals surface area contributed by atoms with E-state index in [0.717, 1.165) is 27.8 Å². The van der Waals surface area contributed by atoms with Gasteiger partial charge in [0, 0.05) is 11.6 Å². The number of para-hydroxylation sites is 1. The van der Waals surface area contributed by atoms with Crippen molar-refractivity contribution < 1.29 is 4.74 Å². The Hall–Kier alpha value is -2.06. The number of fused-ring (bicyclic) bond motifs is 1. The standard InChI is InChI=1S/C17H14ClNO/c1-20-13-6-4-5-12(11-13)17(18)15-9-10-19-16-8-3-2-7-14(15)16/h2-11,17H,1H3. The molecule has 1 unspecified atom stereocenters. The summed E-state index contributed by atoms with van der Waals surface area (Å²) in [5, 5.41) is 0.857. The van der Waals surface area contributed by atoms with E-state index in [2.05, 4.69) is 4.98 Å². The second-order valence-corrected chi connectivity index (χ2v) is 4.99. The Labute approximate surface area is 123 Å². The van der Waals surface area contributed by atoms with Gasteiger partial charge in [0.15, 0.2) is 0 Å². The van der Waals surface area contributed by atoms with Gasteiger partial charge < -0.3 is 4.74 Å². The van der Waals surface area contributed by atoms with Gasteiger partial charge in [-0.15, -0.1) is 11.6 Å². The van der Waals surface area contributed by atoms with Crippen molar-refractivity contribution in [2.75, 3.05) is 7.11 Å². The van der Waals surface area contributed by atoms with E-state index in [-0.39, 0.29) is 5.38 Å². The number of halogens is 1. The summed E-state index contributed by atoms with van der Waals surface area (Å²) in [6.07, 6.45) is 1.80. The smallest absolute Gasteiger partial charge is 0.119 e. The highest BCUT2D eigenvalue weighted by molar-refractivity contribution is 6.23. The summed E-state index contributed by atoms with van der Waals surface area (Å²) in [6, 6.07) is 17.8. The summed E-state index contributed by atoms with van der Waals surface area (Å²) in [4.78, 5) is 4.37. The molecule has 3 heteroatoms. The van der Waals surface area contributed by atoms with Crippen LogP contribution in [0, 0.1) is 0 Å². The van der Waals surface area contributed by atoms with Crippen LogP contribution in [-0.2, 0) is 0 Å². The average molecular weight is 284 g/mol. The molecule has 0 aliphatic heterocycles. The molecule has 1 heterocycles. The SMILES string of the molecule is COc1cccc(C(Cl)c2ccnc3ccccc23)c1. The summed E-state index contributed by atoms with van der Waals surface area (Å²) in [5.41, 5.74) is 3.03. The van der Waals surface area contributed by atoms with Gasteiger partial charge >= 0.3 is 0 Å². The van der Waals surface area contributed by atoms with E-state index in [0.29, 0.717) is 0 Å². The maximum atomic E-state index is 6.66. The van der Waals surface area contributed by atoms with Gasteiger partial charge in [-0.2, -0.15) is 0 Å². The molecular weight excluding hydrogens is 270 g/mol. The van der Waals surface area contributed by atoms with Crippen LogP contribution in [0.3, 0.4) is 0 Å². The van der Waals surface area contributed by atoms with Gasteiger partial charge in [0.1, 0.15) is 5.75 Å². The molecule has 1 atom stereocenters. The molecule has 100 valence electrons. The summed E-state index contributed by atoms with van der Waals surface area (Å²) >= 11 is 6.66. The molecule has 3 rings (SSSR count). The molecule has 3 aromatic rings. The molecule has 0 fully saturated rings. The van der Waals surface area contributed by atoms with Gasteiger partial charge in [0.2, 0.25) is 0 Å². The van der Waals surface area contributed by atoms with Crippen molar-refractivity contribution in [1.29, 1.82) is 0 Å². The molecule has 0 aliphatic rings. The number of rotatable bonds is 3. The molecule has 0 aliphatic carbocycles. The average Bonchev–Trinajstić information content (AvgIpc) is 2.53. The molecule has 0 amide bonds. The molecular formula is C17H14ClNO. The number of hydrogen-bond donors (Lipinski definition) is 0. The molecule has 0 spiro atoms. The first-order chi connectivity index (χ1) is 9.79. The Morgan fingerprint density at radius 3 is 2.75 bits per heavy atom. The van der Waals surface area contributed by atoms with Crippen molar-refractivity contribution in [3.05, 3.63) is 71.9 Å². The summed E-state index contributed by atoms with van der Waals surface area (Å²) < 4.78 is 5.26. The van der Waals surface area contributed by atoms with Crippen LogP contribution in [0.15, 0.2) is 60.8 Å². The van der Waals surface area contributed by atoms with Crippen LogP contribution in [0.25, 0.3) is 10.9 Å². The molecule has 0 radical (unpaired) electrons. The van der Waals surface area contributed by atoms with Gasteiger partial charge in [0.25, 0.3) is 0 Å². The fraction of sp³-hybridized carbons (Fsp3) is 0.118. The topological polar surface area (TPSA) is 22.1 Å². The highest BCUT2D eigenvalue weighted by Gasteiger charge is 2.14. The van der Waals surface area contributed by atoms with Crippen LogP contribution in [-0.4, -0.2) is 12.1 Å². The predicted molar refractivity (Wildman–Crippen MR) is 82.4 cm³/mol. The number of alkyl halides is 1. The molecule has 0 saturated carbocycles. The normalized spacial score (nSPS) is 12.3. The van der Waals surface area contributed by atoms with E-state index < -0.39 is 0 Å². The minimum Gasteiger partial charge on any atom is -0.497 e. The Balaban J connectivity index is 2.10. The monoisotopic (exact) mass is 283 g/mol. The lowest BCUT2D eigenvalue weighted by molar-refractivity contribution is 0.414. The third-order valence-electron chi connectivity index (χ3n) is 3.34. The number of methoxy groups -OCH3 is 1. The molecule has 0 N–H and O–H groups in total. The molecule has 2 aromatic carbocycles. The first kappa shape index (κ1) is 12.9. The van der Waals surface area contributed by atoms with Gasteiger partial charge in [0.05, 0.1) is 18.0 Å². The molecule has 20 heavy (non-hydrogen) atoms. The van der Waals surface area contributed by atoms with E-state index in [9.17, 15) is 0 Å². The number of ether oxygens (including phenoxy) is 1. The third kappa shape index (κ3) is 2.35. The molecule has 0 bridgehead atoms. The first-order valence-corrected chi connectivity index (χ1v) is 6.85. The van der Waals surface area contributed by atoms with Crippen LogP contribution in [0.2, 0.25) is 0 Å². The van der Waals surface area contributed by atoms with Crippen LogP contribution >= 0.6 is 11.6 Å². The van der Waals surface area contributed by atoms with Crippen molar-refractivity contribution in [3.63, 3.8) is 0 Å². The largest absolute Gasteiger partial charge is 0.497 e. The highest BCUT2D eigenvalue weighted by atomic mass is 35.5. The number of pyridine rings is 1. The number of nitrogens with zero attached hydrogens (tertiary/aromatic N) is 1. The first-order valence-electron chi connectivity index (χ1n) is 6.41. The van der Waals surface area contributed by atoms with E-state index in [1.165, 1.54) is 0 Å². The van der Waals surface area contributed by atoms with Gasteiger partial charge in [-0.1, -0.05) is 30.3 Å². The minimum atomic E-state index is -0.224. The van der Waals surface area contributed by atoms with Crippen LogP contribution < -0.4 is 4.74 Å². The van der Waals surface area contributed by atoms with E-state index in [1.54, 1.807) is 13.3 Å². The Bertz CT molecular complexity index is 736. The maximum Gasteiger partial charge on any atom is 0.119 e. The van der Waals surface area contributed by atoms with Crippen LogP contribution in [0.5, 0.6) is 5.75 Å². The van der Waals surface area contributed by atoms with Crippen molar-refractivity contribution in [1.82, 2.24) is 4.98 Å². The summed E-state index contributed by atoms with van der Waals surface area (Å²) in [7, 11) is 1.66. The van der Waals surface area contributed by atoms with Gasteiger partial charge in [-0.25, -0.2) is 0 Å². The lowest BCUT2D eigenvalue weighted by atomic mass is 10.0. The molecule has 0 saturated heterocycles. The zero-order valence-corrected chi connectivity index (χ0v) is 11.8.